The molecule has 132 valence electrons. The van der Waals surface area contributed by atoms with Gasteiger partial charge in [-0.2, -0.15) is 0 Å². The van der Waals surface area contributed by atoms with Gasteiger partial charge >= 0.3 is 0 Å². The van der Waals surface area contributed by atoms with Crippen molar-refractivity contribution in [3.63, 3.8) is 0 Å². The fourth-order valence-corrected chi connectivity index (χ4v) is 2.50. The van der Waals surface area contributed by atoms with E-state index in [1.807, 2.05) is 30.3 Å². The largest absolute Gasteiger partial charge is 0.380 e. The maximum Gasteiger partial charge on any atom is 0.273 e. The highest BCUT2D eigenvalue weighted by Crippen LogP contribution is 2.18. The van der Waals surface area contributed by atoms with E-state index in [1.165, 1.54) is 6.07 Å². The van der Waals surface area contributed by atoms with Crippen LogP contribution in [0.2, 0.25) is 0 Å². The summed E-state index contributed by atoms with van der Waals surface area (Å²) < 4.78 is 0. The second kappa shape index (κ2) is 8.82. The first-order valence-corrected chi connectivity index (χ1v) is 8.28. The van der Waals surface area contributed by atoms with Gasteiger partial charge in [0.1, 0.15) is 0 Å². The zero-order valence-corrected chi connectivity index (χ0v) is 14.4. The highest BCUT2D eigenvalue weighted by atomic mass is 16.6. The monoisotopic (exact) mass is 341 g/mol. The standard InChI is InChI=1S/C19H23N3O3/c1-14(2)17(21-16-9-4-3-5-10-16)13-20-19(23)12-15-8-6-7-11-18(15)22(24)25/h3-11,14,17,21H,12-13H2,1-2H3,(H,20,23). The quantitative estimate of drug-likeness (QED) is 0.569. The van der Waals surface area contributed by atoms with E-state index in [-0.39, 0.29) is 24.1 Å². The normalized spacial score (nSPS) is 11.8. The molecule has 0 spiro atoms. The Hall–Kier alpha value is -2.89. The van der Waals surface area contributed by atoms with Gasteiger partial charge in [-0.1, -0.05) is 50.2 Å². The van der Waals surface area contributed by atoms with Crippen molar-refractivity contribution in [2.24, 2.45) is 5.92 Å². The van der Waals surface area contributed by atoms with Gasteiger partial charge < -0.3 is 10.6 Å². The Labute approximate surface area is 147 Å². The van der Waals surface area contributed by atoms with Crippen LogP contribution in [0.3, 0.4) is 0 Å². The number of benzene rings is 2. The van der Waals surface area contributed by atoms with E-state index in [0.717, 1.165) is 5.69 Å². The third kappa shape index (κ3) is 5.60. The van der Waals surface area contributed by atoms with Crippen LogP contribution < -0.4 is 10.6 Å². The lowest BCUT2D eigenvalue weighted by atomic mass is 10.0. The van der Waals surface area contributed by atoms with Crippen LogP contribution in [-0.4, -0.2) is 23.4 Å². The topological polar surface area (TPSA) is 84.3 Å². The summed E-state index contributed by atoms with van der Waals surface area (Å²) in [5.74, 6) is 0.0846. The molecule has 2 aromatic carbocycles. The van der Waals surface area contributed by atoms with Crippen molar-refractivity contribution in [2.75, 3.05) is 11.9 Å². The molecule has 2 aromatic rings. The number of hydrogen-bond acceptors (Lipinski definition) is 4. The van der Waals surface area contributed by atoms with Gasteiger partial charge in [0.2, 0.25) is 5.91 Å². The number of nitrogens with one attached hydrogen (secondary N) is 2. The molecule has 6 nitrogen and oxygen atoms in total. The van der Waals surface area contributed by atoms with E-state index < -0.39 is 4.92 Å². The lowest BCUT2D eigenvalue weighted by Crippen LogP contribution is -2.40. The van der Waals surface area contributed by atoms with Crippen LogP contribution in [0.4, 0.5) is 11.4 Å². The first-order chi connectivity index (χ1) is 12.0. The lowest BCUT2D eigenvalue weighted by molar-refractivity contribution is -0.385. The molecule has 0 aliphatic rings. The maximum absolute atomic E-state index is 12.2. The molecule has 0 saturated carbocycles. The zero-order valence-electron chi connectivity index (χ0n) is 14.4. The van der Waals surface area contributed by atoms with E-state index in [2.05, 4.69) is 24.5 Å². The molecule has 0 aromatic heterocycles. The van der Waals surface area contributed by atoms with Crippen LogP contribution in [0.15, 0.2) is 54.6 Å². The number of anilines is 1. The number of nitro benzene ring substituents is 1. The third-order valence-corrected chi connectivity index (χ3v) is 3.99. The Kier molecular flexibility index (Phi) is 6.51. The highest BCUT2D eigenvalue weighted by Gasteiger charge is 2.18. The molecular formula is C19H23N3O3. The van der Waals surface area contributed by atoms with Crippen LogP contribution in [-0.2, 0) is 11.2 Å². The molecule has 0 saturated heterocycles. The Bertz CT molecular complexity index is 717. The Morgan fingerprint density at radius 2 is 1.72 bits per heavy atom. The number of carbonyl (C=O) groups is 1. The Morgan fingerprint density at radius 3 is 2.36 bits per heavy atom. The molecule has 0 heterocycles. The molecule has 1 atom stereocenters. The first kappa shape index (κ1) is 18.4. The van der Waals surface area contributed by atoms with E-state index in [1.54, 1.807) is 18.2 Å². The Morgan fingerprint density at radius 1 is 1.08 bits per heavy atom. The average molecular weight is 341 g/mol. The summed E-state index contributed by atoms with van der Waals surface area (Å²) in [4.78, 5) is 22.8. The summed E-state index contributed by atoms with van der Waals surface area (Å²) in [6, 6.07) is 16.2. The van der Waals surface area contributed by atoms with E-state index in [4.69, 9.17) is 0 Å². The minimum absolute atomic E-state index is 0.00664. The molecule has 2 N–H and O–H groups in total. The lowest BCUT2D eigenvalue weighted by Gasteiger charge is -2.24. The number of nitro groups is 1. The molecular weight excluding hydrogens is 318 g/mol. The minimum Gasteiger partial charge on any atom is -0.380 e. The van der Waals surface area contributed by atoms with Crippen molar-refractivity contribution in [2.45, 2.75) is 26.3 Å². The summed E-state index contributed by atoms with van der Waals surface area (Å²) in [7, 11) is 0. The van der Waals surface area contributed by atoms with Gasteiger partial charge in [0.15, 0.2) is 0 Å². The number of nitrogens with zero attached hydrogens (tertiary/aromatic N) is 1. The minimum atomic E-state index is -0.462. The summed E-state index contributed by atoms with van der Waals surface area (Å²) in [5, 5.41) is 17.3. The van der Waals surface area contributed by atoms with E-state index >= 15 is 0 Å². The van der Waals surface area contributed by atoms with Gasteiger partial charge in [-0.15, -0.1) is 0 Å². The van der Waals surface area contributed by atoms with Crippen LogP contribution in [0.1, 0.15) is 19.4 Å². The predicted octanol–water partition coefficient (Wildman–Crippen LogP) is 3.39. The third-order valence-electron chi connectivity index (χ3n) is 3.99. The summed E-state index contributed by atoms with van der Waals surface area (Å²) in [5.41, 5.74) is 1.39. The smallest absolute Gasteiger partial charge is 0.273 e. The predicted molar refractivity (Wildman–Crippen MR) is 98.5 cm³/mol. The fourth-order valence-electron chi connectivity index (χ4n) is 2.50. The zero-order chi connectivity index (χ0) is 18.2. The van der Waals surface area contributed by atoms with Crippen LogP contribution >= 0.6 is 0 Å². The van der Waals surface area contributed by atoms with Gasteiger partial charge in [0, 0.05) is 29.9 Å². The fraction of sp³-hybridized carbons (Fsp3) is 0.316. The number of rotatable bonds is 8. The SMILES string of the molecule is CC(C)C(CNC(=O)Cc1ccccc1[N+](=O)[O-])Nc1ccccc1. The van der Waals surface area contributed by atoms with Crippen LogP contribution in [0.25, 0.3) is 0 Å². The molecule has 0 aliphatic heterocycles. The molecule has 0 radical (unpaired) electrons. The van der Waals surface area contributed by atoms with Crippen molar-refractivity contribution in [3.8, 4) is 0 Å². The molecule has 6 heteroatoms. The number of para-hydroxylation sites is 2. The molecule has 25 heavy (non-hydrogen) atoms. The van der Waals surface area contributed by atoms with Crippen LogP contribution in [0.5, 0.6) is 0 Å². The van der Waals surface area contributed by atoms with Gasteiger partial charge in [-0.05, 0) is 18.1 Å². The molecule has 2 rings (SSSR count). The second-order valence-electron chi connectivity index (χ2n) is 6.23. The molecule has 0 fully saturated rings. The first-order valence-electron chi connectivity index (χ1n) is 8.28. The van der Waals surface area contributed by atoms with Crippen molar-refractivity contribution in [1.82, 2.24) is 5.32 Å². The van der Waals surface area contributed by atoms with Crippen LogP contribution in [0, 0.1) is 16.0 Å². The number of amides is 1. The van der Waals surface area contributed by atoms with Crippen molar-refractivity contribution >= 4 is 17.3 Å². The molecule has 1 unspecified atom stereocenters. The molecule has 0 aliphatic carbocycles. The maximum atomic E-state index is 12.2. The van der Waals surface area contributed by atoms with Gasteiger partial charge in [-0.25, -0.2) is 0 Å². The second-order valence-corrected chi connectivity index (χ2v) is 6.23. The van der Waals surface area contributed by atoms with Gasteiger partial charge in [0.25, 0.3) is 5.69 Å². The number of hydrogen-bond donors (Lipinski definition) is 2. The molecule has 0 bridgehead atoms. The van der Waals surface area contributed by atoms with E-state index in [0.29, 0.717) is 18.0 Å². The summed E-state index contributed by atoms with van der Waals surface area (Å²) >= 11 is 0. The van der Waals surface area contributed by atoms with Gasteiger partial charge in [0.05, 0.1) is 11.3 Å². The molecule has 1 amide bonds. The number of carbonyl (C=O) groups excluding carboxylic acids is 1. The van der Waals surface area contributed by atoms with Crippen molar-refractivity contribution < 1.29 is 9.72 Å². The van der Waals surface area contributed by atoms with Crippen molar-refractivity contribution in [3.05, 3.63) is 70.3 Å². The van der Waals surface area contributed by atoms with Gasteiger partial charge in [-0.3, -0.25) is 14.9 Å². The summed E-state index contributed by atoms with van der Waals surface area (Å²) in [6.45, 7) is 4.61. The van der Waals surface area contributed by atoms with Crippen molar-refractivity contribution in [1.29, 1.82) is 0 Å². The highest BCUT2D eigenvalue weighted by molar-refractivity contribution is 5.79. The van der Waals surface area contributed by atoms with E-state index in [9.17, 15) is 14.9 Å². The summed E-state index contributed by atoms with van der Waals surface area (Å²) in [6.07, 6.45) is -0.00664. The Balaban J connectivity index is 1.94. The average Bonchev–Trinajstić information content (AvgIpc) is 2.59.